The molecule has 0 bridgehead atoms. The number of carbonyl (C=O) groups excluding carboxylic acids is 1. The van der Waals surface area contributed by atoms with Gasteiger partial charge in [0, 0.05) is 22.1 Å². The van der Waals surface area contributed by atoms with Crippen molar-refractivity contribution in [1.29, 1.82) is 0 Å². The van der Waals surface area contributed by atoms with Gasteiger partial charge < -0.3 is 14.4 Å². The van der Waals surface area contributed by atoms with Crippen LogP contribution in [0.4, 0.5) is 0 Å². The molecule has 0 saturated carbocycles. The van der Waals surface area contributed by atoms with Crippen LogP contribution in [0.1, 0.15) is 35.6 Å². The summed E-state index contributed by atoms with van der Waals surface area (Å²) in [5.74, 6) is 1.94. The van der Waals surface area contributed by atoms with Crippen molar-refractivity contribution in [3.05, 3.63) is 62.9 Å². The Balaban J connectivity index is 1.81. The molecular weight excluding hydrogens is 356 g/mol. The molecule has 3 aromatic rings. The van der Waals surface area contributed by atoms with E-state index in [1.54, 1.807) is 17.6 Å². The van der Waals surface area contributed by atoms with E-state index in [-0.39, 0.29) is 18.6 Å². The summed E-state index contributed by atoms with van der Waals surface area (Å²) in [6, 6.07) is 9.24. The molecule has 0 radical (unpaired) electrons. The third kappa shape index (κ3) is 1.99. The highest BCUT2D eigenvalue weighted by Crippen LogP contribution is 2.38. The molecule has 2 aliphatic rings. The molecule has 0 saturated heterocycles. The third-order valence-corrected chi connectivity index (χ3v) is 5.71. The quantitative estimate of drug-likeness (QED) is 0.409. The predicted octanol–water partition coefficient (Wildman–Crippen LogP) is 2.06. The van der Waals surface area contributed by atoms with Crippen LogP contribution < -0.4 is 5.56 Å². The number of hydrogen-bond donors (Lipinski definition) is 1. The van der Waals surface area contributed by atoms with Gasteiger partial charge in [0.2, 0.25) is 0 Å². The fourth-order valence-corrected chi connectivity index (χ4v) is 4.13. The number of cyclic esters (lactones) is 1. The fourth-order valence-electron chi connectivity index (χ4n) is 4.13. The molecule has 0 unspecified atom stereocenters. The number of benzene rings is 1. The van der Waals surface area contributed by atoms with E-state index in [0.717, 1.165) is 22.0 Å². The zero-order chi connectivity index (χ0) is 19.6. The first-order valence-corrected chi connectivity index (χ1v) is 9.04. The summed E-state index contributed by atoms with van der Waals surface area (Å²) >= 11 is 0. The monoisotopic (exact) mass is 372 g/mol. The van der Waals surface area contributed by atoms with Gasteiger partial charge in [0.25, 0.3) is 5.56 Å². The van der Waals surface area contributed by atoms with Crippen molar-refractivity contribution in [2.75, 3.05) is 0 Å². The summed E-state index contributed by atoms with van der Waals surface area (Å²) in [6.07, 6.45) is 5.72. The number of terminal acetylenes is 1. The van der Waals surface area contributed by atoms with Crippen molar-refractivity contribution in [1.82, 2.24) is 9.55 Å². The van der Waals surface area contributed by atoms with E-state index in [1.807, 2.05) is 24.3 Å². The lowest BCUT2D eigenvalue weighted by Gasteiger charge is -2.31. The van der Waals surface area contributed by atoms with Crippen LogP contribution in [-0.2, 0) is 28.3 Å². The predicted molar refractivity (Wildman–Crippen MR) is 102 cm³/mol. The molecule has 1 aromatic carbocycles. The minimum absolute atomic E-state index is 0.116. The molecule has 4 heterocycles. The van der Waals surface area contributed by atoms with E-state index in [2.05, 4.69) is 5.92 Å². The number of carbonyl (C=O) groups is 1. The lowest BCUT2D eigenvalue weighted by atomic mass is 9.86. The fraction of sp³-hybridized carbons (Fsp3) is 0.227. The minimum atomic E-state index is -1.82. The molecule has 1 N–H and O–H groups in total. The number of fused-ring (bicyclic) bond motifs is 5. The van der Waals surface area contributed by atoms with Gasteiger partial charge in [-0.1, -0.05) is 18.9 Å². The van der Waals surface area contributed by atoms with Gasteiger partial charge in [-0.05, 0) is 30.7 Å². The molecule has 0 fully saturated rings. The highest BCUT2D eigenvalue weighted by atomic mass is 16.6. The largest absolute Gasteiger partial charge is 0.458 e. The first-order valence-electron chi connectivity index (χ1n) is 9.04. The van der Waals surface area contributed by atoms with Gasteiger partial charge in [0.15, 0.2) is 5.60 Å². The SMILES string of the molecule is C#Cc1cccc2nc3c(cc12)Cn1c-3cc2c(c1=O)COC(=O)[C@]2(O)CC. The molecule has 2 aromatic heterocycles. The van der Waals surface area contributed by atoms with Gasteiger partial charge in [-0.2, -0.15) is 0 Å². The first-order chi connectivity index (χ1) is 13.5. The number of nitrogens with zero attached hydrogens (tertiary/aromatic N) is 2. The molecule has 5 rings (SSSR count). The van der Waals surface area contributed by atoms with Gasteiger partial charge in [0.1, 0.15) is 6.61 Å². The van der Waals surface area contributed by atoms with Crippen molar-refractivity contribution < 1.29 is 14.6 Å². The Morgan fingerprint density at radius 1 is 1.36 bits per heavy atom. The Bertz CT molecular complexity index is 1300. The second-order valence-corrected chi connectivity index (χ2v) is 7.12. The molecule has 0 aliphatic carbocycles. The van der Waals surface area contributed by atoms with E-state index in [1.165, 1.54) is 0 Å². The number of aromatic nitrogens is 2. The van der Waals surface area contributed by atoms with Crippen LogP contribution in [0, 0.1) is 12.3 Å². The van der Waals surface area contributed by atoms with Gasteiger partial charge in [0.05, 0.1) is 29.0 Å². The molecule has 0 amide bonds. The molecule has 138 valence electrons. The average molecular weight is 372 g/mol. The van der Waals surface area contributed by atoms with Crippen LogP contribution in [0.5, 0.6) is 0 Å². The van der Waals surface area contributed by atoms with Crippen molar-refractivity contribution in [2.24, 2.45) is 0 Å². The van der Waals surface area contributed by atoms with Crippen LogP contribution in [0.2, 0.25) is 0 Å². The van der Waals surface area contributed by atoms with Crippen LogP contribution >= 0.6 is 0 Å². The highest BCUT2D eigenvalue weighted by Gasteiger charge is 2.45. The molecule has 6 nitrogen and oxygen atoms in total. The van der Waals surface area contributed by atoms with Crippen LogP contribution in [0.25, 0.3) is 22.3 Å². The first kappa shape index (κ1) is 16.7. The number of esters is 1. The number of pyridine rings is 2. The van der Waals surface area contributed by atoms with Gasteiger partial charge in [-0.3, -0.25) is 4.79 Å². The normalized spacial score (nSPS) is 19.5. The number of aliphatic hydroxyl groups is 1. The second-order valence-electron chi connectivity index (χ2n) is 7.12. The third-order valence-electron chi connectivity index (χ3n) is 5.71. The lowest BCUT2D eigenvalue weighted by Crippen LogP contribution is -2.44. The summed E-state index contributed by atoms with van der Waals surface area (Å²) in [4.78, 5) is 30.0. The minimum Gasteiger partial charge on any atom is -0.458 e. The Hall–Kier alpha value is -3.43. The Labute approximate surface area is 160 Å². The van der Waals surface area contributed by atoms with E-state index in [9.17, 15) is 14.7 Å². The molecule has 6 heteroatoms. The van der Waals surface area contributed by atoms with E-state index >= 15 is 0 Å². The molecule has 28 heavy (non-hydrogen) atoms. The van der Waals surface area contributed by atoms with Crippen LogP contribution in [-0.4, -0.2) is 20.6 Å². The zero-order valence-electron chi connectivity index (χ0n) is 15.2. The van der Waals surface area contributed by atoms with Crippen molar-refractivity contribution >= 4 is 16.9 Å². The van der Waals surface area contributed by atoms with Crippen molar-refractivity contribution in [3.63, 3.8) is 0 Å². The molecule has 2 aliphatic heterocycles. The van der Waals surface area contributed by atoms with Crippen molar-refractivity contribution in [3.8, 4) is 23.7 Å². The smallest absolute Gasteiger partial charge is 0.343 e. The molecule has 1 atom stereocenters. The summed E-state index contributed by atoms with van der Waals surface area (Å²) < 4.78 is 6.69. The summed E-state index contributed by atoms with van der Waals surface area (Å²) in [5, 5.41) is 11.7. The topological polar surface area (TPSA) is 81.4 Å². The maximum Gasteiger partial charge on any atom is 0.343 e. The maximum absolute atomic E-state index is 13.1. The molecular formula is C22H16N2O4. The zero-order valence-corrected chi connectivity index (χ0v) is 15.2. The Morgan fingerprint density at radius 2 is 2.18 bits per heavy atom. The average Bonchev–Trinajstić information content (AvgIpc) is 3.07. The van der Waals surface area contributed by atoms with E-state index in [0.29, 0.717) is 29.1 Å². The van der Waals surface area contributed by atoms with Gasteiger partial charge >= 0.3 is 5.97 Å². The van der Waals surface area contributed by atoms with Gasteiger partial charge in [-0.15, -0.1) is 6.42 Å². The lowest BCUT2D eigenvalue weighted by molar-refractivity contribution is -0.172. The molecule has 0 spiro atoms. The number of ether oxygens (including phenoxy) is 1. The Kier molecular flexibility index (Phi) is 3.31. The highest BCUT2D eigenvalue weighted by molar-refractivity contribution is 5.89. The van der Waals surface area contributed by atoms with Crippen LogP contribution in [0.3, 0.4) is 0 Å². The standard InChI is InChI=1S/C22H16N2O4/c1-3-12-6-5-7-17-14(12)8-13-10-24-18(19(13)23-17)9-16-15(20(24)25)11-28-21(26)22(16,27)4-2/h1,5-9,27H,4,10-11H2,2H3/t22-/m0/s1. The number of rotatable bonds is 1. The second kappa shape index (κ2) is 5.54. The summed E-state index contributed by atoms with van der Waals surface area (Å²) in [6.45, 7) is 1.90. The summed E-state index contributed by atoms with van der Waals surface area (Å²) in [5.41, 5.74) is 2.15. The van der Waals surface area contributed by atoms with Crippen molar-refractivity contribution in [2.45, 2.75) is 32.1 Å². The van der Waals surface area contributed by atoms with Crippen LogP contribution in [0.15, 0.2) is 35.1 Å². The summed E-state index contributed by atoms with van der Waals surface area (Å²) in [7, 11) is 0. The Morgan fingerprint density at radius 3 is 2.93 bits per heavy atom. The van der Waals surface area contributed by atoms with E-state index < -0.39 is 11.6 Å². The number of hydrogen-bond acceptors (Lipinski definition) is 5. The van der Waals surface area contributed by atoms with E-state index in [4.69, 9.17) is 16.1 Å². The van der Waals surface area contributed by atoms with Gasteiger partial charge in [-0.25, -0.2) is 9.78 Å². The maximum atomic E-state index is 13.1.